The molecule has 0 spiro atoms. The maximum Gasteiger partial charge on any atom is 0.389 e. The fourth-order valence-corrected chi connectivity index (χ4v) is 4.41. The fraction of sp³-hybridized carbons (Fsp3) is 0.200. The van der Waals surface area contributed by atoms with Gasteiger partial charge in [-0.3, -0.25) is 9.59 Å². The summed E-state index contributed by atoms with van der Waals surface area (Å²) < 4.78 is 53.1. The summed E-state index contributed by atoms with van der Waals surface area (Å²) in [7, 11) is 0. The molecule has 2 N–H and O–H groups in total. The van der Waals surface area contributed by atoms with Crippen LogP contribution in [0, 0.1) is 5.82 Å². The van der Waals surface area contributed by atoms with Crippen molar-refractivity contribution in [3.63, 3.8) is 0 Å². The highest BCUT2D eigenvalue weighted by atomic mass is 19.4. The molecule has 0 saturated carbocycles. The molecule has 0 aliphatic heterocycles. The minimum Gasteiger partial charge on any atom is -0.481 e. The van der Waals surface area contributed by atoms with E-state index in [9.17, 15) is 27.2 Å². The molecule has 1 amide bonds. The summed E-state index contributed by atoms with van der Waals surface area (Å²) in [5.74, 6) is -2.39. The number of carbonyl (C=O) groups excluding carboxylic acids is 1. The van der Waals surface area contributed by atoms with Crippen molar-refractivity contribution >= 4 is 22.6 Å². The first kappa shape index (κ1) is 26.9. The average Bonchev–Trinajstić information content (AvgIpc) is 2.88. The molecule has 0 aliphatic rings. The van der Waals surface area contributed by atoms with Gasteiger partial charge in [0.05, 0.1) is 6.42 Å². The van der Waals surface area contributed by atoms with Gasteiger partial charge in [0.15, 0.2) is 0 Å². The van der Waals surface area contributed by atoms with Crippen LogP contribution in [0.5, 0.6) is 0 Å². The molecular formula is C30H25F4NO3. The third-order valence-electron chi connectivity index (χ3n) is 6.34. The molecule has 0 fully saturated rings. The monoisotopic (exact) mass is 523 g/mol. The van der Waals surface area contributed by atoms with Gasteiger partial charge >= 0.3 is 12.1 Å². The maximum atomic E-state index is 13.7. The number of carboxylic acid groups (broad SMARTS) is 1. The summed E-state index contributed by atoms with van der Waals surface area (Å²) in [6, 6.07) is 23.7. The Balaban J connectivity index is 1.61. The second-order valence-electron chi connectivity index (χ2n) is 9.06. The maximum absolute atomic E-state index is 13.7. The number of amides is 1. The van der Waals surface area contributed by atoms with Gasteiger partial charge in [-0.2, -0.15) is 13.2 Å². The van der Waals surface area contributed by atoms with Crippen molar-refractivity contribution in [1.82, 2.24) is 5.32 Å². The molecule has 4 aromatic carbocycles. The quantitative estimate of drug-likeness (QED) is 0.226. The zero-order valence-corrected chi connectivity index (χ0v) is 20.3. The van der Waals surface area contributed by atoms with Gasteiger partial charge in [0.1, 0.15) is 5.82 Å². The molecule has 0 saturated heterocycles. The number of nitrogens with one attached hydrogen (secondary N) is 1. The second kappa shape index (κ2) is 11.5. The van der Waals surface area contributed by atoms with Crippen molar-refractivity contribution in [1.29, 1.82) is 0 Å². The second-order valence-corrected chi connectivity index (χ2v) is 9.06. The largest absolute Gasteiger partial charge is 0.481 e. The van der Waals surface area contributed by atoms with E-state index in [1.54, 1.807) is 24.3 Å². The molecule has 0 bridgehead atoms. The van der Waals surface area contributed by atoms with E-state index in [4.69, 9.17) is 5.11 Å². The third kappa shape index (κ3) is 6.97. The molecule has 196 valence electrons. The van der Waals surface area contributed by atoms with Crippen LogP contribution in [0.1, 0.15) is 46.7 Å². The van der Waals surface area contributed by atoms with E-state index < -0.39 is 30.4 Å². The highest BCUT2D eigenvalue weighted by Gasteiger charge is 2.29. The third-order valence-corrected chi connectivity index (χ3v) is 6.34. The molecule has 4 aromatic rings. The summed E-state index contributed by atoms with van der Waals surface area (Å²) in [4.78, 5) is 22.9. The van der Waals surface area contributed by atoms with E-state index in [0.29, 0.717) is 11.1 Å². The molecular weight excluding hydrogens is 498 g/mol. The lowest BCUT2D eigenvalue weighted by Gasteiger charge is -2.20. The van der Waals surface area contributed by atoms with Gasteiger partial charge in [-0.15, -0.1) is 0 Å². The van der Waals surface area contributed by atoms with Gasteiger partial charge in [0.2, 0.25) is 0 Å². The van der Waals surface area contributed by atoms with Crippen LogP contribution in [-0.2, 0) is 4.79 Å². The highest BCUT2D eigenvalue weighted by molar-refractivity contribution is 5.94. The zero-order valence-electron chi connectivity index (χ0n) is 20.3. The van der Waals surface area contributed by atoms with Crippen LogP contribution >= 0.6 is 0 Å². The number of benzene rings is 4. The Labute approximate surface area is 216 Å². The van der Waals surface area contributed by atoms with Crippen LogP contribution in [0.25, 0.3) is 21.9 Å². The van der Waals surface area contributed by atoms with Crippen LogP contribution in [0.4, 0.5) is 17.6 Å². The Kier molecular flexibility index (Phi) is 8.10. The van der Waals surface area contributed by atoms with Crippen LogP contribution in [0.2, 0.25) is 0 Å². The van der Waals surface area contributed by atoms with Gasteiger partial charge < -0.3 is 10.4 Å². The normalized spacial score (nSPS) is 12.3. The summed E-state index contributed by atoms with van der Waals surface area (Å²) in [5.41, 5.74) is 3.18. The van der Waals surface area contributed by atoms with E-state index >= 15 is 0 Å². The molecule has 38 heavy (non-hydrogen) atoms. The van der Waals surface area contributed by atoms with Crippen LogP contribution in [0.3, 0.4) is 0 Å². The minimum absolute atomic E-state index is 0.0257. The lowest BCUT2D eigenvalue weighted by Crippen LogP contribution is -2.25. The number of rotatable bonds is 9. The standard InChI is InChI=1S/C30H25F4NO3/c31-26-3-1-2-21(18-26)22-8-9-24-17-25(11-10-23(24)16-22)27(12-14-30(32,33)34)19-4-6-20(7-5-19)29(38)35-15-13-28(36)37/h1-11,16-18,27H,12-15H2,(H,35,38)(H,36,37). The summed E-state index contributed by atoms with van der Waals surface area (Å²) in [6.45, 7) is -0.0257. The van der Waals surface area contributed by atoms with Gasteiger partial charge in [-0.25, -0.2) is 4.39 Å². The Morgan fingerprint density at radius 2 is 1.47 bits per heavy atom. The van der Waals surface area contributed by atoms with Crippen molar-refractivity contribution < 1.29 is 32.3 Å². The lowest BCUT2D eigenvalue weighted by molar-refractivity contribution is -0.137. The van der Waals surface area contributed by atoms with Gasteiger partial charge in [-0.1, -0.05) is 54.6 Å². The smallest absolute Gasteiger partial charge is 0.389 e. The molecule has 0 aliphatic carbocycles. The molecule has 0 heterocycles. The summed E-state index contributed by atoms with van der Waals surface area (Å²) in [5, 5.41) is 12.9. The molecule has 4 rings (SSSR count). The van der Waals surface area contributed by atoms with Crippen molar-refractivity contribution in [2.45, 2.75) is 31.4 Å². The fourth-order valence-electron chi connectivity index (χ4n) is 4.41. The molecule has 4 nitrogen and oxygen atoms in total. The minimum atomic E-state index is -4.32. The first-order valence-corrected chi connectivity index (χ1v) is 12.1. The van der Waals surface area contributed by atoms with Gasteiger partial charge in [-0.05, 0) is 69.8 Å². The molecule has 0 aromatic heterocycles. The van der Waals surface area contributed by atoms with Crippen molar-refractivity contribution in [2.24, 2.45) is 0 Å². The van der Waals surface area contributed by atoms with E-state index in [1.165, 1.54) is 24.3 Å². The predicted molar refractivity (Wildman–Crippen MR) is 138 cm³/mol. The molecule has 1 unspecified atom stereocenters. The Morgan fingerprint density at radius 3 is 2.16 bits per heavy atom. The van der Waals surface area contributed by atoms with Crippen LogP contribution in [0.15, 0.2) is 84.9 Å². The van der Waals surface area contributed by atoms with E-state index in [0.717, 1.165) is 21.9 Å². The van der Waals surface area contributed by atoms with Crippen LogP contribution < -0.4 is 5.32 Å². The lowest BCUT2D eigenvalue weighted by atomic mass is 9.85. The van der Waals surface area contributed by atoms with Crippen molar-refractivity contribution in [3.8, 4) is 11.1 Å². The van der Waals surface area contributed by atoms with Gasteiger partial charge in [0.25, 0.3) is 5.91 Å². The Bertz CT molecular complexity index is 1450. The molecule has 1 atom stereocenters. The number of aliphatic carboxylic acids is 1. The zero-order chi connectivity index (χ0) is 27.3. The van der Waals surface area contributed by atoms with E-state index in [-0.39, 0.29) is 30.8 Å². The SMILES string of the molecule is O=C(O)CCNC(=O)c1ccc(C(CCC(F)(F)F)c2ccc3cc(-c4cccc(F)c4)ccc3c2)cc1. The number of hydrogen-bond acceptors (Lipinski definition) is 2. The van der Waals surface area contributed by atoms with E-state index in [2.05, 4.69) is 5.32 Å². The summed E-state index contributed by atoms with van der Waals surface area (Å²) >= 11 is 0. The number of hydrogen-bond donors (Lipinski definition) is 2. The van der Waals surface area contributed by atoms with Crippen molar-refractivity contribution in [2.75, 3.05) is 6.54 Å². The van der Waals surface area contributed by atoms with Gasteiger partial charge in [0, 0.05) is 24.4 Å². The van der Waals surface area contributed by atoms with Crippen molar-refractivity contribution in [3.05, 3.63) is 107 Å². The molecule has 0 radical (unpaired) electrons. The molecule has 8 heteroatoms. The Morgan fingerprint density at radius 1 is 0.816 bits per heavy atom. The number of carboxylic acids is 1. The highest BCUT2D eigenvalue weighted by Crippen LogP contribution is 2.36. The topological polar surface area (TPSA) is 66.4 Å². The Hall–Kier alpha value is -4.20. The number of carbonyl (C=O) groups is 2. The predicted octanol–water partition coefficient (Wildman–Crippen LogP) is 7.32. The number of halogens is 4. The van der Waals surface area contributed by atoms with Crippen LogP contribution in [-0.4, -0.2) is 29.7 Å². The number of fused-ring (bicyclic) bond motifs is 1. The first-order chi connectivity index (χ1) is 18.1. The van der Waals surface area contributed by atoms with E-state index in [1.807, 2.05) is 36.4 Å². The average molecular weight is 524 g/mol. The first-order valence-electron chi connectivity index (χ1n) is 12.1. The number of alkyl halides is 3. The summed E-state index contributed by atoms with van der Waals surface area (Å²) in [6.07, 6.45) is -5.67.